The summed E-state index contributed by atoms with van der Waals surface area (Å²) in [7, 11) is 0. The van der Waals surface area contributed by atoms with Crippen LogP contribution in [-0.4, -0.2) is 107 Å². The van der Waals surface area contributed by atoms with Crippen LogP contribution in [0.1, 0.15) is 62.3 Å². The third-order valence-corrected chi connectivity index (χ3v) is 5.98. The molecule has 0 aliphatic carbocycles. The summed E-state index contributed by atoms with van der Waals surface area (Å²) in [6.45, 7) is 18.6. The van der Waals surface area contributed by atoms with Crippen molar-refractivity contribution in [1.82, 2.24) is 19.7 Å². The Morgan fingerprint density at radius 2 is 0.950 bits per heavy atom. The summed E-state index contributed by atoms with van der Waals surface area (Å²) >= 11 is 3.44. The molecule has 0 spiro atoms. The van der Waals surface area contributed by atoms with Gasteiger partial charge in [-0.15, -0.1) is 0 Å². The van der Waals surface area contributed by atoms with Crippen LogP contribution in [0.25, 0.3) is 0 Å². The normalized spacial score (nSPS) is 16.6. The molecule has 1 aliphatic rings. The average Bonchev–Trinajstić information content (AvgIpc) is 2.75. The molecular formula is C28H46BrN5O6. The Labute approximate surface area is 247 Å². The molecule has 2 rings (SSSR count). The summed E-state index contributed by atoms with van der Waals surface area (Å²) in [5, 5.41) is 0. The lowest BCUT2D eigenvalue weighted by Gasteiger charge is -2.36. The van der Waals surface area contributed by atoms with Crippen LogP contribution in [0.15, 0.2) is 22.8 Å². The van der Waals surface area contributed by atoms with Crippen LogP contribution in [-0.2, 0) is 14.2 Å². The lowest BCUT2D eigenvalue weighted by molar-refractivity contribution is 0.00806. The number of amides is 3. The van der Waals surface area contributed by atoms with Crippen LogP contribution in [0.2, 0.25) is 0 Å². The number of ether oxygens (including phenoxy) is 3. The third kappa shape index (κ3) is 12.2. The molecule has 0 radical (unpaired) electrons. The van der Waals surface area contributed by atoms with Crippen molar-refractivity contribution in [2.24, 2.45) is 0 Å². The summed E-state index contributed by atoms with van der Waals surface area (Å²) in [6.07, 6.45) is -1.45. The Morgan fingerprint density at radius 1 is 0.625 bits per heavy atom. The smallest absolute Gasteiger partial charge is 0.410 e. The molecular weight excluding hydrogens is 582 g/mol. The van der Waals surface area contributed by atoms with E-state index in [1.807, 2.05) is 64.6 Å². The van der Waals surface area contributed by atoms with Crippen molar-refractivity contribution >= 4 is 40.0 Å². The molecule has 1 saturated heterocycles. The number of hydrogen-bond acceptors (Lipinski definition) is 8. The van der Waals surface area contributed by atoms with Crippen molar-refractivity contribution < 1.29 is 28.6 Å². The standard InChI is InChI=1S/C28H46BrN5O6/c1-26(2,3)38-23(35)32-15-13-31(22-12-10-11-21(29)30-22)14-16-33(24(36)39-27(4,5)6)18-20-34(19-17-32)25(37)40-28(7,8)9/h10-12H,13-20H2,1-9H3. The lowest BCUT2D eigenvalue weighted by Crippen LogP contribution is -2.51. The molecule has 0 N–H and O–H groups in total. The minimum absolute atomic E-state index is 0.200. The number of nitrogens with zero attached hydrogens (tertiary/aromatic N) is 5. The molecule has 0 aromatic carbocycles. The van der Waals surface area contributed by atoms with Crippen LogP contribution in [0.3, 0.4) is 0 Å². The topological polar surface area (TPSA) is 105 Å². The monoisotopic (exact) mass is 627 g/mol. The highest BCUT2D eigenvalue weighted by Gasteiger charge is 2.29. The maximum Gasteiger partial charge on any atom is 0.410 e. The molecule has 0 unspecified atom stereocenters. The van der Waals surface area contributed by atoms with Gasteiger partial charge < -0.3 is 33.8 Å². The zero-order valence-corrected chi connectivity index (χ0v) is 27.0. The van der Waals surface area contributed by atoms with Crippen LogP contribution < -0.4 is 4.90 Å². The van der Waals surface area contributed by atoms with Gasteiger partial charge in [-0.1, -0.05) is 6.07 Å². The molecule has 1 aromatic heterocycles. The molecule has 226 valence electrons. The Morgan fingerprint density at radius 3 is 1.25 bits per heavy atom. The van der Waals surface area contributed by atoms with Gasteiger partial charge in [-0.25, -0.2) is 19.4 Å². The van der Waals surface area contributed by atoms with Gasteiger partial charge in [0.05, 0.1) is 0 Å². The number of carbonyl (C=O) groups is 3. The van der Waals surface area contributed by atoms with Gasteiger partial charge in [0.1, 0.15) is 27.2 Å². The number of rotatable bonds is 1. The summed E-state index contributed by atoms with van der Waals surface area (Å²) in [6, 6.07) is 5.61. The van der Waals surface area contributed by atoms with E-state index in [0.29, 0.717) is 36.6 Å². The molecule has 1 aromatic rings. The van der Waals surface area contributed by atoms with Gasteiger partial charge in [0.2, 0.25) is 0 Å². The fraction of sp³-hybridized carbons (Fsp3) is 0.714. The number of pyridine rings is 1. The molecule has 11 nitrogen and oxygen atoms in total. The van der Waals surface area contributed by atoms with Gasteiger partial charge in [0, 0.05) is 52.4 Å². The van der Waals surface area contributed by atoms with E-state index in [2.05, 4.69) is 20.9 Å². The predicted molar refractivity (Wildman–Crippen MR) is 158 cm³/mol. The van der Waals surface area contributed by atoms with E-state index in [-0.39, 0.29) is 26.2 Å². The Kier molecular flexibility index (Phi) is 11.5. The quantitative estimate of drug-likeness (QED) is 0.302. The molecule has 0 bridgehead atoms. The highest BCUT2D eigenvalue weighted by atomic mass is 79.9. The number of halogens is 1. The highest BCUT2D eigenvalue weighted by molar-refractivity contribution is 9.10. The second-order valence-corrected chi connectivity index (χ2v) is 13.5. The molecule has 12 heteroatoms. The summed E-state index contributed by atoms with van der Waals surface area (Å²) < 4.78 is 17.7. The van der Waals surface area contributed by atoms with E-state index in [9.17, 15) is 14.4 Å². The van der Waals surface area contributed by atoms with E-state index in [0.717, 1.165) is 0 Å². The largest absolute Gasteiger partial charge is 0.444 e. The number of carbonyl (C=O) groups excluding carboxylic acids is 3. The van der Waals surface area contributed by atoms with Gasteiger partial charge >= 0.3 is 18.3 Å². The summed E-state index contributed by atoms with van der Waals surface area (Å²) in [5.41, 5.74) is -2.05. The molecule has 3 amide bonds. The minimum atomic E-state index is -0.700. The van der Waals surface area contributed by atoms with Crippen molar-refractivity contribution in [2.75, 3.05) is 57.3 Å². The number of aromatic nitrogens is 1. The number of anilines is 1. The maximum atomic E-state index is 13.2. The third-order valence-electron chi connectivity index (χ3n) is 5.54. The van der Waals surface area contributed by atoms with E-state index >= 15 is 0 Å². The number of hydrogen-bond donors (Lipinski definition) is 0. The first kappa shape index (κ1) is 33.4. The van der Waals surface area contributed by atoms with E-state index in [4.69, 9.17) is 14.2 Å². The van der Waals surface area contributed by atoms with Crippen molar-refractivity contribution in [3.05, 3.63) is 22.8 Å². The first-order valence-electron chi connectivity index (χ1n) is 13.6. The van der Waals surface area contributed by atoms with Crippen LogP contribution >= 0.6 is 15.9 Å². The fourth-order valence-electron chi connectivity index (χ4n) is 3.74. The second-order valence-electron chi connectivity index (χ2n) is 12.7. The van der Waals surface area contributed by atoms with Crippen molar-refractivity contribution in [2.45, 2.75) is 79.1 Å². The highest BCUT2D eigenvalue weighted by Crippen LogP contribution is 2.18. The van der Waals surface area contributed by atoms with Crippen molar-refractivity contribution in [3.63, 3.8) is 0 Å². The summed E-state index contributed by atoms with van der Waals surface area (Å²) in [5.74, 6) is 0.704. The van der Waals surface area contributed by atoms with Crippen LogP contribution in [0.5, 0.6) is 0 Å². The molecule has 0 saturated carbocycles. The molecule has 0 atom stereocenters. The second kappa shape index (κ2) is 13.7. The molecule has 1 aliphatic heterocycles. The van der Waals surface area contributed by atoms with Crippen LogP contribution in [0.4, 0.5) is 20.2 Å². The first-order chi connectivity index (χ1) is 18.3. The van der Waals surface area contributed by atoms with E-state index in [1.54, 1.807) is 30.6 Å². The van der Waals surface area contributed by atoms with Gasteiger partial charge in [-0.2, -0.15) is 0 Å². The maximum absolute atomic E-state index is 13.2. The van der Waals surface area contributed by atoms with Gasteiger partial charge in [0.25, 0.3) is 0 Å². The summed E-state index contributed by atoms with van der Waals surface area (Å²) in [4.78, 5) is 50.8. The first-order valence-corrected chi connectivity index (χ1v) is 14.4. The molecule has 1 fully saturated rings. The van der Waals surface area contributed by atoms with Crippen molar-refractivity contribution in [3.8, 4) is 0 Å². The minimum Gasteiger partial charge on any atom is -0.444 e. The Bertz CT molecular complexity index is 974. The van der Waals surface area contributed by atoms with Gasteiger partial charge in [-0.3, -0.25) is 0 Å². The zero-order valence-electron chi connectivity index (χ0n) is 25.5. The lowest BCUT2D eigenvalue weighted by atomic mass is 10.2. The van der Waals surface area contributed by atoms with E-state index < -0.39 is 35.1 Å². The molecule has 40 heavy (non-hydrogen) atoms. The molecule has 2 heterocycles. The van der Waals surface area contributed by atoms with Crippen molar-refractivity contribution in [1.29, 1.82) is 0 Å². The van der Waals surface area contributed by atoms with E-state index in [1.165, 1.54) is 4.90 Å². The van der Waals surface area contributed by atoms with Gasteiger partial charge in [0.15, 0.2) is 0 Å². The predicted octanol–water partition coefficient (Wildman–Crippen LogP) is 5.38. The Hall–Kier alpha value is -2.76. The average molecular weight is 629 g/mol. The van der Waals surface area contributed by atoms with Gasteiger partial charge in [-0.05, 0) is 90.4 Å². The van der Waals surface area contributed by atoms with Crippen LogP contribution in [0, 0.1) is 0 Å². The fourth-order valence-corrected chi connectivity index (χ4v) is 4.08. The Balaban J connectivity index is 2.40. The zero-order chi connectivity index (χ0) is 30.3. The SMILES string of the molecule is CC(C)(C)OC(=O)N1CCN(C(=O)OC(C)(C)C)CCN(c2cccc(Br)n2)CCN(C(=O)OC(C)(C)C)CC1.